The second-order valence-corrected chi connectivity index (χ2v) is 7.40. The molecular weight excluding hydrogens is 318 g/mol. The van der Waals surface area contributed by atoms with Gasteiger partial charge in [0.2, 0.25) is 5.91 Å². The summed E-state index contributed by atoms with van der Waals surface area (Å²) in [6.07, 6.45) is 3.64. The van der Waals surface area contributed by atoms with E-state index in [1.165, 1.54) is 10.4 Å². The van der Waals surface area contributed by atoms with Crippen LogP contribution in [0.3, 0.4) is 0 Å². The fourth-order valence-corrected chi connectivity index (χ4v) is 4.25. The molecule has 3 nitrogen and oxygen atoms in total. The van der Waals surface area contributed by atoms with Gasteiger partial charge in [-0.25, -0.2) is 0 Å². The quantitative estimate of drug-likeness (QED) is 0.782. The summed E-state index contributed by atoms with van der Waals surface area (Å²) in [5.41, 5.74) is 1.24. The molecule has 1 fully saturated rings. The number of piperidine rings is 1. The van der Waals surface area contributed by atoms with Crippen molar-refractivity contribution in [2.45, 2.75) is 31.8 Å². The van der Waals surface area contributed by atoms with E-state index >= 15 is 0 Å². The van der Waals surface area contributed by atoms with Crippen LogP contribution in [-0.2, 0) is 16.0 Å². The van der Waals surface area contributed by atoms with Crippen LogP contribution in [0.15, 0.2) is 47.8 Å². The SMILES string of the molecule is COC(c1ccccc1)C1CCN(C(=O)CCc2cccs2)CC1. The fraction of sp³-hybridized carbons (Fsp3) is 0.450. The van der Waals surface area contributed by atoms with Gasteiger partial charge in [0.15, 0.2) is 0 Å². The molecule has 0 spiro atoms. The van der Waals surface area contributed by atoms with E-state index in [1.807, 2.05) is 17.0 Å². The molecule has 1 aliphatic rings. The summed E-state index contributed by atoms with van der Waals surface area (Å²) >= 11 is 1.73. The Morgan fingerprint density at radius 2 is 1.96 bits per heavy atom. The summed E-state index contributed by atoms with van der Waals surface area (Å²) in [6.45, 7) is 1.70. The molecule has 0 aliphatic carbocycles. The minimum absolute atomic E-state index is 0.134. The molecule has 1 amide bonds. The van der Waals surface area contributed by atoms with Crippen LogP contribution < -0.4 is 0 Å². The monoisotopic (exact) mass is 343 g/mol. The zero-order chi connectivity index (χ0) is 16.8. The van der Waals surface area contributed by atoms with E-state index in [9.17, 15) is 4.79 Å². The van der Waals surface area contributed by atoms with Crippen LogP contribution in [0.2, 0.25) is 0 Å². The summed E-state index contributed by atoms with van der Waals surface area (Å²) in [5, 5.41) is 2.07. The van der Waals surface area contributed by atoms with E-state index in [-0.39, 0.29) is 12.0 Å². The number of carbonyl (C=O) groups excluding carboxylic acids is 1. The lowest BCUT2D eigenvalue weighted by Gasteiger charge is -2.35. The Balaban J connectivity index is 1.50. The highest BCUT2D eigenvalue weighted by atomic mass is 32.1. The van der Waals surface area contributed by atoms with Crippen LogP contribution >= 0.6 is 11.3 Å². The van der Waals surface area contributed by atoms with Crippen molar-refractivity contribution in [2.75, 3.05) is 20.2 Å². The van der Waals surface area contributed by atoms with Crippen LogP contribution in [0.1, 0.15) is 35.8 Å². The summed E-state index contributed by atoms with van der Waals surface area (Å²) in [4.78, 5) is 15.7. The Kier molecular flexibility index (Phi) is 6.05. The molecule has 1 aromatic carbocycles. The van der Waals surface area contributed by atoms with Crippen LogP contribution in [-0.4, -0.2) is 31.0 Å². The lowest BCUT2D eigenvalue weighted by molar-refractivity contribution is -0.133. The Bertz CT molecular complexity index is 618. The van der Waals surface area contributed by atoms with Gasteiger partial charge in [0.05, 0.1) is 6.10 Å². The summed E-state index contributed by atoms with van der Waals surface area (Å²) in [6, 6.07) is 14.6. The number of hydrogen-bond donors (Lipinski definition) is 0. The van der Waals surface area contributed by atoms with Gasteiger partial charge in [-0.1, -0.05) is 36.4 Å². The fourth-order valence-electron chi connectivity index (χ4n) is 3.54. The Labute approximate surface area is 148 Å². The highest BCUT2D eigenvalue weighted by Crippen LogP contribution is 2.33. The molecule has 0 bridgehead atoms. The number of thiophene rings is 1. The third-order valence-corrected chi connectivity index (χ3v) is 5.80. The van der Waals surface area contributed by atoms with Gasteiger partial charge >= 0.3 is 0 Å². The first kappa shape index (κ1) is 17.2. The lowest BCUT2D eigenvalue weighted by Crippen LogP contribution is -2.40. The van der Waals surface area contributed by atoms with E-state index in [1.54, 1.807) is 18.4 Å². The molecule has 0 radical (unpaired) electrons. The number of nitrogens with zero attached hydrogens (tertiary/aromatic N) is 1. The van der Waals surface area contributed by atoms with E-state index in [0.29, 0.717) is 12.3 Å². The van der Waals surface area contributed by atoms with Crippen molar-refractivity contribution in [2.24, 2.45) is 5.92 Å². The number of ether oxygens (including phenoxy) is 1. The van der Waals surface area contributed by atoms with Gasteiger partial charge in [-0.3, -0.25) is 4.79 Å². The molecule has 128 valence electrons. The number of hydrogen-bond acceptors (Lipinski definition) is 3. The first-order chi connectivity index (χ1) is 11.8. The van der Waals surface area contributed by atoms with E-state index in [4.69, 9.17) is 4.74 Å². The van der Waals surface area contributed by atoms with Crippen molar-refractivity contribution in [3.63, 3.8) is 0 Å². The highest BCUT2D eigenvalue weighted by molar-refractivity contribution is 7.09. The zero-order valence-electron chi connectivity index (χ0n) is 14.2. The third-order valence-electron chi connectivity index (χ3n) is 4.87. The minimum Gasteiger partial charge on any atom is -0.376 e. The van der Waals surface area contributed by atoms with E-state index in [0.717, 1.165) is 32.4 Å². The largest absolute Gasteiger partial charge is 0.376 e. The normalized spacial score (nSPS) is 17.0. The third kappa shape index (κ3) is 4.25. The topological polar surface area (TPSA) is 29.5 Å². The second-order valence-electron chi connectivity index (χ2n) is 6.36. The second kappa shape index (κ2) is 8.45. The zero-order valence-corrected chi connectivity index (χ0v) is 15.0. The maximum absolute atomic E-state index is 12.4. The molecule has 2 aromatic rings. The molecule has 1 unspecified atom stereocenters. The van der Waals surface area contributed by atoms with Gasteiger partial charge < -0.3 is 9.64 Å². The molecule has 1 aliphatic heterocycles. The van der Waals surface area contributed by atoms with Gasteiger partial charge in [-0.05, 0) is 42.2 Å². The Morgan fingerprint density at radius 1 is 1.21 bits per heavy atom. The van der Waals surface area contributed by atoms with Crippen molar-refractivity contribution < 1.29 is 9.53 Å². The number of likely N-dealkylation sites (tertiary alicyclic amines) is 1. The standard InChI is InChI=1S/C20H25NO2S/c1-23-20(16-6-3-2-4-7-16)17-11-13-21(14-12-17)19(22)10-9-18-8-5-15-24-18/h2-8,15,17,20H,9-14H2,1H3. The van der Waals surface area contributed by atoms with E-state index in [2.05, 4.69) is 35.7 Å². The molecule has 0 N–H and O–H groups in total. The predicted molar refractivity (Wildman–Crippen MR) is 98.1 cm³/mol. The van der Waals surface area contributed by atoms with Crippen molar-refractivity contribution in [3.05, 3.63) is 58.3 Å². The van der Waals surface area contributed by atoms with Gasteiger partial charge in [0.25, 0.3) is 0 Å². The van der Waals surface area contributed by atoms with Crippen LogP contribution in [0.5, 0.6) is 0 Å². The van der Waals surface area contributed by atoms with Crippen molar-refractivity contribution in [1.29, 1.82) is 0 Å². The predicted octanol–water partition coefficient (Wildman–Crippen LogP) is 4.31. The Hall–Kier alpha value is -1.65. The molecule has 1 aromatic heterocycles. The lowest BCUT2D eigenvalue weighted by atomic mass is 9.87. The number of rotatable bonds is 6. The van der Waals surface area contributed by atoms with Gasteiger partial charge in [0.1, 0.15) is 0 Å². The van der Waals surface area contributed by atoms with Crippen LogP contribution in [0.4, 0.5) is 0 Å². The van der Waals surface area contributed by atoms with Crippen LogP contribution in [0.25, 0.3) is 0 Å². The smallest absolute Gasteiger partial charge is 0.222 e. The molecular formula is C20H25NO2S. The van der Waals surface area contributed by atoms with Crippen molar-refractivity contribution >= 4 is 17.2 Å². The minimum atomic E-state index is 0.134. The maximum Gasteiger partial charge on any atom is 0.222 e. The summed E-state index contributed by atoms with van der Waals surface area (Å²) in [5.74, 6) is 0.772. The Morgan fingerprint density at radius 3 is 2.58 bits per heavy atom. The molecule has 0 saturated carbocycles. The maximum atomic E-state index is 12.4. The highest BCUT2D eigenvalue weighted by Gasteiger charge is 2.29. The summed E-state index contributed by atoms with van der Waals surface area (Å²) < 4.78 is 5.77. The van der Waals surface area contributed by atoms with Crippen LogP contribution in [0, 0.1) is 5.92 Å². The molecule has 2 heterocycles. The van der Waals surface area contributed by atoms with Crippen molar-refractivity contribution in [1.82, 2.24) is 4.90 Å². The molecule has 24 heavy (non-hydrogen) atoms. The first-order valence-corrected chi connectivity index (χ1v) is 9.54. The molecule has 1 atom stereocenters. The first-order valence-electron chi connectivity index (χ1n) is 8.66. The average Bonchev–Trinajstić information content (AvgIpc) is 3.15. The molecule has 4 heteroatoms. The van der Waals surface area contributed by atoms with Crippen molar-refractivity contribution in [3.8, 4) is 0 Å². The van der Waals surface area contributed by atoms with Gasteiger partial charge in [0, 0.05) is 31.5 Å². The number of benzene rings is 1. The number of amides is 1. The number of methoxy groups -OCH3 is 1. The van der Waals surface area contributed by atoms with Gasteiger partial charge in [-0.2, -0.15) is 0 Å². The van der Waals surface area contributed by atoms with Gasteiger partial charge in [-0.15, -0.1) is 11.3 Å². The number of carbonyl (C=O) groups is 1. The molecule has 1 saturated heterocycles. The summed E-state index contributed by atoms with van der Waals surface area (Å²) in [7, 11) is 1.79. The molecule has 3 rings (SSSR count). The van der Waals surface area contributed by atoms with E-state index < -0.39 is 0 Å². The number of aryl methyl sites for hydroxylation is 1. The average molecular weight is 343 g/mol.